The molecule has 292 valence electrons. The number of fused-ring (bicyclic) bond motifs is 4. The predicted molar refractivity (Wildman–Crippen MR) is 257 cm³/mol. The summed E-state index contributed by atoms with van der Waals surface area (Å²) in [5.74, 6) is 1.26. The molecule has 1 aliphatic rings. The lowest BCUT2D eigenvalue weighted by atomic mass is 9.77. The first kappa shape index (κ1) is 36.6. The minimum Gasteiger partial charge on any atom is -0.341 e. The maximum atomic E-state index is 2.57. The summed E-state index contributed by atoms with van der Waals surface area (Å²) in [4.78, 5) is 0. The fourth-order valence-corrected chi connectivity index (χ4v) is 11.0. The van der Waals surface area contributed by atoms with Crippen LogP contribution in [-0.4, -0.2) is 4.57 Å². The van der Waals surface area contributed by atoms with Crippen LogP contribution in [0.4, 0.5) is 0 Å². The molecule has 0 amide bonds. The molecule has 1 heteroatoms. The lowest BCUT2D eigenvalue weighted by molar-refractivity contribution is 0.504. The molecule has 1 heterocycles. The summed E-state index contributed by atoms with van der Waals surface area (Å²) < 4.78 is 2.52. The van der Waals surface area contributed by atoms with E-state index in [0.717, 1.165) is 45.1 Å². The highest BCUT2D eigenvalue weighted by molar-refractivity contribution is 6.23. The zero-order chi connectivity index (χ0) is 40.0. The van der Waals surface area contributed by atoms with Crippen LogP contribution in [-0.2, 0) is 19.4 Å². The van der Waals surface area contributed by atoms with E-state index in [1.54, 1.807) is 0 Å². The van der Waals surface area contributed by atoms with E-state index >= 15 is 0 Å². The van der Waals surface area contributed by atoms with Gasteiger partial charge in [0, 0.05) is 34.3 Å². The van der Waals surface area contributed by atoms with Crippen molar-refractivity contribution in [1.29, 1.82) is 0 Å². The molecule has 0 N–H and O–H groups in total. The van der Waals surface area contributed by atoms with Gasteiger partial charge in [-0.15, -0.1) is 0 Å². The number of hydrogen-bond acceptors (Lipinski definition) is 0. The van der Waals surface area contributed by atoms with E-state index in [2.05, 4.69) is 200 Å². The predicted octanol–water partition coefficient (Wildman–Crippen LogP) is 15.8. The quantitative estimate of drug-likeness (QED) is 0.109. The van der Waals surface area contributed by atoms with Crippen LogP contribution in [0.2, 0.25) is 0 Å². The van der Waals surface area contributed by atoms with Crippen LogP contribution < -0.4 is 0 Å². The Morgan fingerprint density at radius 3 is 2.03 bits per heavy atom. The third kappa shape index (κ3) is 6.58. The summed E-state index contributed by atoms with van der Waals surface area (Å²) in [5.41, 5.74) is 12.7. The number of benzene rings is 9. The van der Waals surface area contributed by atoms with Crippen LogP contribution in [0.5, 0.6) is 0 Å². The van der Waals surface area contributed by atoms with Crippen LogP contribution in [0, 0.1) is 0 Å². The van der Waals surface area contributed by atoms with Crippen molar-refractivity contribution in [2.45, 2.75) is 69.7 Å². The van der Waals surface area contributed by atoms with Gasteiger partial charge in [0.2, 0.25) is 0 Å². The van der Waals surface area contributed by atoms with Gasteiger partial charge in [-0.3, -0.25) is 0 Å². The number of aromatic nitrogens is 1. The highest BCUT2D eigenvalue weighted by atomic mass is 15.0. The van der Waals surface area contributed by atoms with Gasteiger partial charge in [-0.2, -0.15) is 0 Å². The highest BCUT2D eigenvalue weighted by Gasteiger charge is 2.24. The average molecular weight is 774 g/mol. The summed E-state index contributed by atoms with van der Waals surface area (Å²) in [6.45, 7) is 3.24. The van der Waals surface area contributed by atoms with Gasteiger partial charge in [0.1, 0.15) is 0 Å². The molecule has 1 aromatic heterocycles. The zero-order valence-electron chi connectivity index (χ0n) is 34.5. The summed E-state index contributed by atoms with van der Waals surface area (Å²) in [6.07, 6.45) is 11.2. The van der Waals surface area contributed by atoms with Gasteiger partial charge in [0.25, 0.3) is 0 Å². The Balaban J connectivity index is 0.961. The Labute approximate surface area is 354 Å². The molecule has 11 rings (SSSR count). The molecule has 0 saturated heterocycles. The number of rotatable bonds is 12. The fourth-order valence-electron chi connectivity index (χ4n) is 11.0. The molecule has 9 aromatic carbocycles. The molecule has 0 fully saturated rings. The molecule has 1 nitrogen and oxygen atoms in total. The Morgan fingerprint density at radius 1 is 0.533 bits per heavy atom. The third-order valence-corrected chi connectivity index (χ3v) is 13.9. The maximum absolute atomic E-state index is 2.57. The number of aryl methyl sites for hydroxylation is 3. The van der Waals surface area contributed by atoms with E-state index in [9.17, 15) is 0 Å². The van der Waals surface area contributed by atoms with E-state index in [1.165, 1.54) is 93.1 Å². The number of nitrogens with zero attached hydrogens (tertiary/aromatic N) is 1. The summed E-state index contributed by atoms with van der Waals surface area (Å²) in [5, 5.41) is 10.9. The summed E-state index contributed by atoms with van der Waals surface area (Å²) in [7, 11) is 0. The first-order valence-electron chi connectivity index (χ1n) is 22.3. The van der Waals surface area contributed by atoms with Crippen LogP contribution >= 0.6 is 0 Å². The second-order valence-electron chi connectivity index (χ2n) is 17.3. The fraction of sp³-hybridized carbons (Fsp3) is 0.186. The Kier molecular flexibility index (Phi) is 9.54. The Bertz CT molecular complexity index is 3130. The second kappa shape index (κ2) is 15.6. The molecule has 1 aliphatic carbocycles. The summed E-state index contributed by atoms with van der Waals surface area (Å²) in [6, 6.07) is 66.9. The summed E-state index contributed by atoms with van der Waals surface area (Å²) >= 11 is 0. The number of hydrogen-bond donors (Lipinski definition) is 0. The van der Waals surface area contributed by atoms with E-state index in [0.29, 0.717) is 11.8 Å². The molecule has 0 radical (unpaired) electrons. The molecule has 60 heavy (non-hydrogen) atoms. The molecular formula is C59H51N. The monoisotopic (exact) mass is 773 g/mol. The third-order valence-electron chi connectivity index (χ3n) is 13.9. The standard InChI is InChI=1S/C59H51N/c1-2-60-56-35-25-41(24-32-51(43-15-7-4-8-16-43)52-33-29-46-28-27-44-19-12-20-45-30-34-53(52)59(46)58(44)45)37-54(56)55-39-48(31-36-57(55)60)47(26-23-40-13-5-3-6-14-40)38-49-21-11-18-42-17-9-10-22-50(42)49/h3-20,22,25,27-31,33-37,39,47,49,51H,2,21,23-24,26,32,38H2,1H3/t47-,49?,51?/m0/s1. The molecule has 0 saturated carbocycles. The van der Waals surface area contributed by atoms with Gasteiger partial charge in [-0.25, -0.2) is 0 Å². The van der Waals surface area contributed by atoms with E-state index in [4.69, 9.17) is 0 Å². The van der Waals surface area contributed by atoms with Crippen LogP contribution in [0.25, 0.3) is 60.2 Å². The van der Waals surface area contributed by atoms with Crippen LogP contribution in [0.3, 0.4) is 0 Å². The molecule has 2 unspecified atom stereocenters. The highest BCUT2D eigenvalue weighted by Crippen LogP contribution is 2.43. The SMILES string of the molecule is CCn1c2ccc(CCC(c3ccccc3)c3ccc4ccc5cccc6ccc3c4c56)cc2c2cc([C@@H](CCc3ccccc3)CC3CC=Cc4ccccc43)ccc21. The topological polar surface area (TPSA) is 4.93 Å². The minimum absolute atomic E-state index is 0.278. The van der Waals surface area contributed by atoms with Gasteiger partial charge in [0.15, 0.2) is 0 Å². The van der Waals surface area contributed by atoms with Crippen LogP contribution in [0.1, 0.15) is 89.3 Å². The lowest BCUT2D eigenvalue weighted by Gasteiger charge is -2.27. The van der Waals surface area contributed by atoms with Crippen LogP contribution in [0.15, 0.2) is 182 Å². The van der Waals surface area contributed by atoms with Gasteiger partial charge < -0.3 is 4.57 Å². The number of allylic oxidation sites excluding steroid dienone is 1. The van der Waals surface area contributed by atoms with Crippen molar-refractivity contribution < 1.29 is 0 Å². The van der Waals surface area contributed by atoms with Gasteiger partial charge >= 0.3 is 0 Å². The van der Waals surface area contributed by atoms with Crippen molar-refractivity contribution in [2.75, 3.05) is 0 Å². The van der Waals surface area contributed by atoms with Gasteiger partial charge in [-0.1, -0.05) is 164 Å². The Morgan fingerprint density at radius 2 is 1.22 bits per heavy atom. The largest absolute Gasteiger partial charge is 0.341 e. The van der Waals surface area contributed by atoms with Crippen molar-refractivity contribution in [3.8, 4) is 0 Å². The van der Waals surface area contributed by atoms with Gasteiger partial charge in [0.05, 0.1) is 0 Å². The normalized spacial score (nSPS) is 15.1. The maximum Gasteiger partial charge on any atom is 0.0491 e. The van der Waals surface area contributed by atoms with E-state index < -0.39 is 0 Å². The van der Waals surface area contributed by atoms with Gasteiger partial charge in [-0.05, 0) is 153 Å². The second-order valence-corrected chi connectivity index (χ2v) is 17.3. The molecule has 0 spiro atoms. The zero-order valence-corrected chi connectivity index (χ0v) is 34.5. The molecular weight excluding hydrogens is 723 g/mol. The molecule has 0 bridgehead atoms. The first-order valence-corrected chi connectivity index (χ1v) is 22.3. The van der Waals surface area contributed by atoms with E-state index in [-0.39, 0.29) is 5.92 Å². The molecule has 0 aliphatic heterocycles. The van der Waals surface area contributed by atoms with Crippen molar-refractivity contribution in [3.63, 3.8) is 0 Å². The van der Waals surface area contributed by atoms with Crippen molar-refractivity contribution in [1.82, 2.24) is 4.57 Å². The van der Waals surface area contributed by atoms with Crippen molar-refractivity contribution in [2.24, 2.45) is 0 Å². The average Bonchev–Trinajstić information content (AvgIpc) is 3.62. The molecule has 10 aromatic rings. The van der Waals surface area contributed by atoms with Crippen molar-refractivity contribution >= 4 is 60.2 Å². The van der Waals surface area contributed by atoms with Crippen molar-refractivity contribution in [3.05, 3.63) is 221 Å². The lowest BCUT2D eigenvalue weighted by Crippen LogP contribution is -2.11. The minimum atomic E-state index is 0.278. The van der Waals surface area contributed by atoms with E-state index in [1.807, 2.05) is 0 Å². The smallest absolute Gasteiger partial charge is 0.0491 e. The first-order chi connectivity index (χ1) is 29.7. The molecule has 3 atom stereocenters. The Hall–Kier alpha value is -6.44.